The van der Waals surface area contributed by atoms with Crippen LogP contribution < -0.4 is 10.5 Å². The summed E-state index contributed by atoms with van der Waals surface area (Å²) < 4.78 is 18.2. The van der Waals surface area contributed by atoms with Gasteiger partial charge >= 0.3 is 5.97 Å². The molecule has 1 aromatic heterocycles. The van der Waals surface area contributed by atoms with E-state index < -0.39 is 11.8 Å². The van der Waals surface area contributed by atoms with Gasteiger partial charge in [0.1, 0.15) is 17.3 Å². The molecule has 0 atom stereocenters. The Morgan fingerprint density at radius 2 is 2.16 bits per heavy atom. The smallest absolute Gasteiger partial charge is 0.338 e. The highest BCUT2D eigenvalue weighted by molar-refractivity contribution is 6.32. The molecule has 2 aromatic rings. The van der Waals surface area contributed by atoms with Crippen molar-refractivity contribution in [2.45, 2.75) is 0 Å². The summed E-state index contributed by atoms with van der Waals surface area (Å²) in [6, 6.07) is 4.76. The molecule has 19 heavy (non-hydrogen) atoms. The van der Waals surface area contributed by atoms with Crippen LogP contribution in [-0.2, 0) is 0 Å². The van der Waals surface area contributed by atoms with Crippen molar-refractivity contribution in [2.24, 2.45) is 0 Å². The quantitative estimate of drug-likeness (QED) is 0.904. The van der Waals surface area contributed by atoms with Crippen LogP contribution in [0.1, 0.15) is 10.4 Å². The number of rotatable bonds is 3. The van der Waals surface area contributed by atoms with Crippen LogP contribution in [0.3, 0.4) is 0 Å². The normalized spacial score (nSPS) is 10.2. The molecule has 0 radical (unpaired) electrons. The van der Waals surface area contributed by atoms with Crippen LogP contribution in [-0.4, -0.2) is 16.1 Å². The third-order valence-corrected chi connectivity index (χ3v) is 2.58. The first kappa shape index (κ1) is 13.1. The summed E-state index contributed by atoms with van der Waals surface area (Å²) in [6.45, 7) is 0. The SMILES string of the molecule is Nc1c(C(=O)O)ccnc1Oc1ccc(F)cc1Cl. The Morgan fingerprint density at radius 1 is 1.42 bits per heavy atom. The van der Waals surface area contributed by atoms with Gasteiger partial charge in [-0.3, -0.25) is 0 Å². The van der Waals surface area contributed by atoms with Crippen LogP contribution in [0.25, 0.3) is 0 Å². The number of carboxylic acids is 1. The van der Waals surface area contributed by atoms with Crippen LogP contribution in [0.4, 0.5) is 10.1 Å². The van der Waals surface area contributed by atoms with Gasteiger partial charge in [0.05, 0.1) is 10.6 Å². The molecule has 0 unspecified atom stereocenters. The standard InChI is InChI=1S/C12H8ClFN2O3/c13-8-5-6(14)1-2-9(8)19-11-10(15)7(12(17)18)3-4-16-11/h1-5H,15H2,(H,17,18). The summed E-state index contributed by atoms with van der Waals surface area (Å²) in [5.41, 5.74) is 5.36. The van der Waals surface area contributed by atoms with Crippen LogP contribution >= 0.6 is 11.6 Å². The van der Waals surface area contributed by atoms with E-state index in [-0.39, 0.29) is 27.9 Å². The molecular formula is C12H8ClFN2O3. The second-order valence-corrected chi connectivity index (χ2v) is 3.97. The highest BCUT2D eigenvalue weighted by Crippen LogP contribution is 2.32. The average Bonchev–Trinajstić information content (AvgIpc) is 2.34. The van der Waals surface area contributed by atoms with Crippen molar-refractivity contribution < 1.29 is 19.0 Å². The van der Waals surface area contributed by atoms with Gasteiger partial charge in [0.2, 0.25) is 5.88 Å². The van der Waals surface area contributed by atoms with Gasteiger partial charge in [0.25, 0.3) is 0 Å². The topological polar surface area (TPSA) is 85.4 Å². The molecule has 5 nitrogen and oxygen atoms in total. The fourth-order valence-electron chi connectivity index (χ4n) is 1.38. The molecule has 0 saturated carbocycles. The number of aromatic carboxylic acids is 1. The fraction of sp³-hybridized carbons (Fsp3) is 0. The third-order valence-electron chi connectivity index (χ3n) is 2.28. The van der Waals surface area contributed by atoms with E-state index in [1.165, 1.54) is 18.3 Å². The molecule has 98 valence electrons. The first-order valence-electron chi connectivity index (χ1n) is 5.09. The molecule has 2 rings (SSSR count). The van der Waals surface area contributed by atoms with Crippen LogP contribution in [0.15, 0.2) is 30.5 Å². The van der Waals surface area contributed by atoms with Gasteiger partial charge in [0, 0.05) is 6.20 Å². The number of carboxylic acid groups (broad SMARTS) is 1. The average molecular weight is 283 g/mol. The maximum absolute atomic E-state index is 12.9. The summed E-state index contributed by atoms with van der Waals surface area (Å²) in [5, 5.41) is 8.94. The first-order valence-corrected chi connectivity index (χ1v) is 5.47. The monoisotopic (exact) mass is 282 g/mol. The number of nitrogens with two attached hydrogens (primary N) is 1. The van der Waals surface area contributed by atoms with E-state index in [0.717, 1.165) is 12.1 Å². The molecule has 0 aliphatic carbocycles. The molecule has 1 heterocycles. The molecule has 0 bridgehead atoms. The highest BCUT2D eigenvalue weighted by atomic mass is 35.5. The van der Waals surface area contributed by atoms with Gasteiger partial charge in [0.15, 0.2) is 0 Å². The van der Waals surface area contributed by atoms with Gasteiger partial charge in [-0.05, 0) is 24.3 Å². The van der Waals surface area contributed by atoms with E-state index in [2.05, 4.69) is 4.98 Å². The summed E-state index contributed by atoms with van der Waals surface area (Å²) >= 11 is 5.78. The Balaban J connectivity index is 2.38. The van der Waals surface area contributed by atoms with Crippen molar-refractivity contribution >= 4 is 23.3 Å². The van der Waals surface area contributed by atoms with Gasteiger partial charge in [-0.1, -0.05) is 11.6 Å². The zero-order valence-electron chi connectivity index (χ0n) is 9.43. The van der Waals surface area contributed by atoms with Crippen molar-refractivity contribution in [1.29, 1.82) is 0 Å². The van der Waals surface area contributed by atoms with Crippen molar-refractivity contribution in [3.63, 3.8) is 0 Å². The molecule has 0 aliphatic rings. The Morgan fingerprint density at radius 3 is 2.79 bits per heavy atom. The van der Waals surface area contributed by atoms with Gasteiger partial charge < -0.3 is 15.6 Å². The molecule has 0 amide bonds. The summed E-state index contributed by atoms with van der Waals surface area (Å²) in [6.07, 6.45) is 1.24. The molecule has 0 spiro atoms. The lowest BCUT2D eigenvalue weighted by Gasteiger charge is -2.10. The largest absolute Gasteiger partial charge is 0.478 e. The number of aromatic nitrogens is 1. The Bertz CT molecular complexity index is 649. The van der Waals surface area contributed by atoms with E-state index in [4.69, 9.17) is 27.2 Å². The maximum Gasteiger partial charge on any atom is 0.338 e. The van der Waals surface area contributed by atoms with Crippen LogP contribution in [0.5, 0.6) is 11.6 Å². The Kier molecular flexibility index (Phi) is 3.52. The molecule has 1 aromatic carbocycles. The molecule has 3 N–H and O–H groups in total. The second-order valence-electron chi connectivity index (χ2n) is 3.56. The second kappa shape index (κ2) is 5.11. The van der Waals surface area contributed by atoms with E-state index in [1.807, 2.05) is 0 Å². The van der Waals surface area contributed by atoms with Crippen molar-refractivity contribution in [1.82, 2.24) is 4.98 Å². The number of anilines is 1. The number of pyridine rings is 1. The minimum absolute atomic E-state index is 0.0296. The number of ether oxygens (including phenoxy) is 1. The first-order chi connectivity index (χ1) is 8.99. The molecule has 0 aliphatic heterocycles. The predicted octanol–water partition coefficient (Wildman–Crippen LogP) is 2.95. The van der Waals surface area contributed by atoms with E-state index >= 15 is 0 Å². The third kappa shape index (κ3) is 2.74. The predicted molar refractivity (Wildman–Crippen MR) is 67.1 cm³/mol. The van der Waals surface area contributed by atoms with Crippen molar-refractivity contribution in [2.75, 3.05) is 5.73 Å². The molecule has 7 heteroatoms. The van der Waals surface area contributed by atoms with Gasteiger partial charge in [-0.2, -0.15) is 0 Å². The van der Waals surface area contributed by atoms with E-state index in [0.29, 0.717) is 0 Å². The summed E-state index contributed by atoms with van der Waals surface area (Å²) in [7, 11) is 0. The number of nitrogens with zero attached hydrogens (tertiary/aromatic N) is 1. The molecule has 0 fully saturated rings. The number of carbonyl (C=O) groups is 1. The number of hydrogen-bond acceptors (Lipinski definition) is 4. The summed E-state index contributed by atoms with van der Waals surface area (Å²) in [4.78, 5) is 14.7. The Hall–Kier alpha value is -2.34. The maximum atomic E-state index is 12.9. The number of hydrogen-bond donors (Lipinski definition) is 2. The highest BCUT2D eigenvalue weighted by Gasteiger charge is 2.15. The van der Waals surface area contributed by atoms with Crippen LogP contribution in [0.2, 0.25) is 5.02 Å². The molecule has 0 saturated heterocycles. The van der Waals surface area contributed by atoms with Crippen molar-refractivity contribution in [3.8, 4) is 11.6 Å². The molecular weight excluding hydrogens is 275 g/mol. The number of benzene rings is 1. The number of nitrogen functional groups attached to an aromatic ring is 1. The van der Waals surface area contributed by atoms with Gasteiger partial charge in [-0.25, -0.2) is 14.2 Å². The lowest BCUT2D eigenvalue weighted by Crippen LogP contribution is -2.05. The zero-order valence-corrected chi connectivity index (χ0v) is 10.2. The minimum Gasteiger partial charge on any atom is -0.478 e. The van der Waals surface area contributed by atoms with E-state index in [1.54, 1.807) is 0 Å². The summed E-state index contributed by atoms with van der Waals surface area (Å²) in [5.74, 6) is -1.69. The van der Waals surface area contributed by atoms with Crippen molar-refractivity contribution in [3.05, 3.63) is 46.9 Å². The van der Waals surface area contributed by atoms with Crippen LogP contribution in [0, 0.1) is 5.82 Å². The lowest BCUT2D eigenvalue weighted by molar-refractivity contribution is 0.0697. The minimum atomic E-state index is -1.20. The Labute approximate surface area is 112 Å². The lowest BCUT2D eigenvalue weighted by atomic mass is 10.2. The zero-order chi connectivity index (χ0) is 14.0. The van der Waals surface area contributed by atoms with Gasteiger partial charge in [-0.15, -0.1) is 0 Å². The number of halogens is 2. The fourth-order valence-corrected chi connectivity index (χ4v) is 1.59. The van der Waals surface area contributed by atoms with E-state index in [9.17, 15) is 9.18 Å².